The van der Waals surface area contributed by atoms with E-state index in [1.165, 1.54) is 6.42 Å². The summed E-state index contributed by atoms with van der Waals surface area (Å²) in [4.78, 5) is 12.1. The maximum absolute atomic E-state index is 12.1. The average molecular weight is 240 g/mol. The molecule has 2 rings (SSSR count). The van der Waals surface area contributed by atoms with Gasteiger partial charge in [0.1, 0.15) is 0 Å². The first-order valence-electron chi connectivity index (χ1n) is 6.75. The number of rotatable bonds is 4. The van der Waals surface area contributed by atoms with Gasteiger partial charge in [-0.1, -0.05) is 6.42 Å². The summed E-state index contributed by atoms with van der Waals surface area (Å²) in [6.07, 6.45) is 4.36. The molecule has 1 aliphatic heterocycles. The number of hydrogen-bond acceptors (Lipinski definition) is 3. The van der Waals surface area contributed by atoms with Crippen molar-refractivity contribution in [2.75, 3.05) is 26.2 Å². The van der Waals surface area contributed by atoms with Crippen LogP contribution in [0.4, 0.5) is 0 Å². The summed E-state index contributed by atoms with van der Waals surface area (Å²) < 4.78 is 0. The van der Waals surface area contributed by atoms with E-state index < -0.39 is 0 Å². The third-order valence-corrected chi connectivity index (χ3v) is 4.49. The standard InChI is InChI=1S/C13H24N2O2/c1-13(5-6-14-9-13)12(17)15-7-10-3-2-4-11(10)8-16/h10-11,14,16H,2-9H2,1H3,(H,15,17). The third kappa shape index (κ3) is 2.80. The highest BCUT2D eigenvalue weighted by Gasteiger charge is 2.37. The molecule has 4 nitrogen and oxygen atoms in total. The summed E-state index contributed by atoms with van der Waals surface area (Å²) >= 11 is 0. The number of carbonyl (C=O) groups excluding carboxylic acids is 1. The first kappa shape index (κ1) is 12.8. The second kappa shape index (κ2) is 5.36. The van der Waals surface area contributed by atoms with Crippen LogP contribution in [-0.2, 0) is 4.79 Å². The van der Waals surface area contributed by atoms with E-state index in [0.717, 1.165) is 38.9 Å². The van der Waals surface area contributed by atoms with E-state index >= 15 is 0 Å². The molecule has 3 unspecified atom stereocenters. The highest BCUT2D eigenvalue weighted by molar-refractivity contribution is 5.82. The van der Waals surface area contributed by atoms with Gasteiger partial charge in [-0.3, -0.25) is 4.79 Å². The number of aliphatic hydroxyl groups is 1. The van der Waals surface area contributed by atoms with Crippen molar-refractivity contribution in [3.05, 3.63) is 0 Å². The van der Waals surface area contributed by atoms with Crippen molar-refractivity contribution in [2.24, 2.45) is 17.3 Å². The molecule has 1 saturated carbocycles. The molecule has 0 bridgehead atoms. The van der Waals surface area contributed by atoms with E-state index in [9.17, 15) is 9.90 Å². The second-order valence-electron chi connectivity index (χ2n) is 5.83. The Hall–Kier alpha value is -0.610. The fourth-order valence-corrected chi connectivity index (χ4v) is 3.07. The number of hydrogen-bond donors (Lipinski definition) is 3. The summed E-state index contributed by atoms with van der Waals surface area (Å²) in [6, 6.07) is 0. The molecule has 98 valence electrons. The van der Waals surface area contributed by atoms with Crippen molar-refractivity contribution in [3.8, 4) is 0 Å². The molecule has 0 aromatic heterocycles. The predicted molar refractivity (Wildman–Crippen MR) is 66.5 cm³/mol. The smallest absolute Gasteiger partial charge is 0.227 e. The lowest BCUT2D eigenvalue weighted by Gasteiger charge is -2.24. The summed E-state index contributed by atoms with van der Waals surface area (Å²) in [5.74, 6) is 1.04. The van der Waals surface area contributed by atoms with Crippen LogP contribution in [0.25, 0.3) is 0 Å². The summed E-state index contributed by atoms with van der Waals surface area (Å²) in [5, 5.41) is 15.6. The molecule has 1 saturated heterocycles. The van der Waals surface area contributed by atoms with Crippen LogP contribution in [0.1, 0.15) is 32.6 Å². The molecule has 17 heavy (non-hydrogen) atoms. The van der Waals surface area contributed by atoms with Gasteiger partial charge in [-0.15, -0.1) is 0 Å². The van der Waals surface area contributed by atoms with Crippen molar-refractivity contribution in [2.45, 2.75) is 32.6 Å². The van der Waals surface area contributed by atoms with Gasteiger partial charge in [0.05, 0.1) is 5.41 Å². The molecule has 2 aliphatic rings. The van der Waals surface area contributed by atoms with E-state index in [0.29, 0.717) is 11.8 Å². The molecule has 1 heterocycles. The van der Waals surface area contributed by atoms with Gasteiger partial charge in [0.25, 0.3) is 0 Å². The number of aliphatic hydroxyl groups excluding tert-OH is 1. The molecule has 4 heteroatoms. The Morgan fingerprint density at radius 2 is 2.24 bits per heavy atom. The van der Waals surface area contributed by atoms with Crippen molar-refractivity contribution in [1.82, 2.24) is 10.6 Å². The minimum absolute atomic E-state index is 0.172. The van der Waals surface area contributed by atoms with E-state index in [4.69, 9.17) is 0 Å². The average Bonchev–Trinajstić information content (AvgIpc) is 2.95. The van der Waals surface area contributed by atoms with Gasteiger partial charge in [-0.25, -0.2) is 0 Å². The first-order valence-corrected chi connectivity index (χ1v) is 6.75. The fourth-order valence-electron chi connectivity index (χ4n) is 3.07. The Morgan fingerprint density at radius 3 is 2.88 bits per heavy atom. The molecule has 0 aromatic rings. The molecule has 1 amide bonds. The quantitative estimate of drug-likeness (QED) is 0.671. The Labute approximate surface area is 103 Å². The molecular weight excluding hydrogens is 216 g/mol. The molecule has 2 fully saturated rings. The zero-order chi connectivity index (χ0) is 12.3. The lowest BCUT2D eigenvalue weighted by molar-refractivity contribution is -0.129. The Balaban J connectivity index is 1.79. The Kier molecular flexibility index (Phi) is 4.05. The summed E-state index contributed by atoms with van der Waals surface area (Å²) in [6.45, 7) is 4.75. The largest absolute Gasteiger partial charge is 0.396 e. The topological polar surface area (TPSA) is 61.4 Å². The first-order chi connectivity index (χ1) is 8.15. The van der Waals surface area contributed by atoms with Gasteiger partial charge in [0.15, 0.2) is 0 Å². The van der Waals surface area contributed by atoms with Gasteiger partial charge >= 0.3 is 0 Å². The van der Waals surface area contributed by atoms with Crippen LogP contribution < -0.4 is 10.6 Å². The van der Waals surface area contributed by atoms with Gasteiger partial charge in [-0.05, 0) is 44.6 Å². The minimum Gasteiger partial charge on any atom is -0.396 e. The monoisotopic (exact) mass is 240 g/mol. The van der Waals surface area contributed by atoms with Gasteiger partial charge in [0, 0.05) is 19.7 Å². The number of carbonyl (C=O) groups is 1. The van der Waals surface area contributed by atoms with Gasteiger partial charge < -0.3 is 15.7 Å². The Morgan fingerprint density at radius 1 is 1.47 bits per heavy atom. The Bertz CT molecular complexity index is 275. The van der Waals surface area contributed by atoms with E-state index in [-0.39, 0.29) is 17.9 Å². The highest BCUT2D eigenvalue weighted by Crippen LogP contribution is 2.31. The molecule has 0 radical (unpaired) electrons. The van der Waals surface area contributed by atoms with Crippen LogP contribution in [0.2, 0.25) is 0 Å². The van der Waals surface area contributed by atoms with Crippen LogP contribution in [0.15, 0.2) is 0 Å². The summed E-state index contributed by atoms with van der Waals surface area (Å²) in [5.41, 5.74) is -0.229. The normalized spacial score (nSPS) is 37.3. The second-order valence-corrected chi connectivity index (χ2v) is 5.83. The molecule has 0 spiro atoms. The van der Waals surface area contributed by atoms with Gasteiger partial charge in [0.2, 0.25) is 5.91 Å². The number of amides is 1. The van der Waals surface area contributed by atoms with Crippen molar-refractivity contribution in [3.63, 3.8) is 0 Å². The minimum atomic E-state index is -0.229. The van der Waals surface area contributed by atoms with Crippen LogP contribution >= 0.6 is 0 Å². The van der Waals surface area contributed by atoms with Crippen LogP contribution in [0, 0.1) is 17.3 Å². The van der Waals surface area contributed by atoms with E-state index in [1.807, 2.05) is 6.92 Å². The molecule has 0 aromatic carbocycles. The van der Waals surface area contributed by atoms with Crippen LogP contribution in [0.3, 0.4) is 0 Å². The lowest BCUT2D eigenvalue weighted by atomic mass is 9.88. The van der Waals surface area contributed by atoms with E-state index in [1.54, 1.807) is 0 Å². The predicted octanol–water partition coefficient (Wildman–Crippen LogP) is 0.511. The fraction of sp³-hybridized carbons (Fsp3) is 0.923. The lowest BCUT2D eigenvalue weighted by Crippen LogP contribution is -2.42. The summed E-state index contributed by atoms with van der Waals surface area (Å²) in [7, 11) is 0. The van der Waals surface area contributed by atoms with Gasteiger partial charge in [-0.2, -0.15) is 0 Å². The molecular formula is C13H24N2O2. The molecule has 3 N–H and O–H groups in total. The van der Waals surface area contributed by atoms with Crippen LogP contribution in [0.5, 0.6) is 0 Å². The maximum Gasteiger partial charge on any atom is 0.227 e. The zero-order valence-electron chi connectivity index (χ0n) is 10.7. The van der Waals surface area contributed by atoms with Crippen molar-refractivity contribution in [1.29, 1.82) is 0 Å². The maximum atomic E-state index is 12.1. The van der Waals surface area contributed by atoms with Crippen molar-refractivity contribution < 1.29 is 9.90 Å². The highest BCUT2D eigenvalue weighted by atomic mass is 16.3. The molecule has 1 aliphatic carbocycles. The molecule has 3 atom stereocenters. The van der Waals surface area contributed by atoms with Crippen LogP contribution in [-0.4, -0.2) is 37.3 Å². The van der Waals surface area contributed by atoms with Crippen molar-refractivity contribution >= 4 is 5.91 Å². The third-order valence-electron chi connectivity index (χ3n) is 4.49. The SMILES string of the molecule is CC1(C(=O)NCC2CCCC2CO)CCNC1. The van der Waals surface area contributed by atoms with E-state index in [2.05, 4.69) is 10.6 Å². The zero-order valence-corrected chi connectivity index (χ0v) is 10.7. The number of nitrogens with one attached hydrogen (secondary N) is 2.